The fraction of sp³-hybridized carbons (Fsp3) is 0.0909. The molecule has 1 N–H and O–H groups in total. The first kappa shape index (κ1) is 19.5. The number of hydrogen-bond donors (Lipinski definition) is 1. The number of amides is 1. The predicted octanol–water partition coefficient (Wildman–Crippen LogP) is 3.99. The van der Waals surface area contributed by atoms with Crippen LogP contribution in [0.3, 0.4) is 0 Å². The molecular weight excluding hydrogens is 400 g/mol. The molecule has 2 aromatic heterocycles. The molecule has 0 saturated heterocycles. The summed E-state index contributed by atoms with van der Waals surface area (Å²) in [5.41, 5.74) is 2.45. The van der Waals surface area contributed by atoms with Crippen molar-refractivity contribution >= 4 is 45.3 Å². The zero-order chi connectivity index (χ0) is 20.9. The van der Waals surface area contributed by atoms with Gasteiger partial charge >= 0.3 is 5.97 Å². The van der Waals surface area contributed by atoms with Crippen molar-refractivity contribution in [2.45, 2.75) is 6.92 Å². The van der Waals surface area contributed by atoms with Crippen LogP contribution in [0.4, 0.5) is 5.82 Å². The molecule has 150 valence electrons. The molecule has 4 rings (SSSR count). The second-order valence-corrected chi connectivity index (χ2v) is 7.49. The largest absolute Gasteiger partial charge is 0.452 e. The molecule has 0 aliphatic rings. The molecule has 0 aliphatic heterocycles. The average Bonchev–Trinajstić information content (AvgIpc) is 3.34. The van der Waals surface area contributed by atoms with Gasteiger partial charge in [-0.1, -0.05) is 30.3 Å². The van der Waals surface area contributed by atoms with E-state index in [1.165, 1.54) is 17.4 Å². The predicted molar refractivity (Wildman–Crippen MR) is 117 cm³/mol. The van der Waals surface area contributed by atoms with Gasteiger partial charge in [0.05, 0.1) is 21.6 Å². The zero-order valence-corrected chi connectivity index (χ0v) is 16.9. The number of rotatable bonds is 6. The third-order valence-corrected chi connectivity index (χ3v) is 5.12. The Morgan fingerprint density at radius 3 is 2.70 bits per heavy atom. The molecule has 7 nitrogen and oxygen atoms in total. The number of thiazole rings is 1. The summed E-state index contributed by atoms with van der Waals surface area (Å²) in [7, 11) is 0. The molecule has 0 aliphatic carbocycles. The number of hydrogen-bond acceptors (Lipinski definition) is 6. The standard InChI is InChI=1S/C22H18N4O3S/c1-15-13-19(26(25-15)16-7-3-2-4-8-16)24-20(27)14-29-22(28)12-11-21-23-17-9-5-6-10-18(17)30-21/h2-13H,14H2,1H3,(H,24,27)/b12-11+. The number of esters is 1. The van der Waals surface area contributed by atoms with Gasteiger partial charge in [-0.2, -0.15) is 5.10 Å². The summed E-state index contributed by atoms with van der Waals surface area (Å²) in [6.45, 7) is 1.43. The number of benzene rings is 2. The van der Waals surface area contributed by atoms with Crippen molar-refractivity contribution in [3.63, 3.8) is 0 Å². The van der Waals surface area contributed by atoms with Crippen LogP contribution in [0, 0.1) is 6.92 Å². The second-order valence-electron chi connectivity index (χ2n) is 6.43. The first-order chi connectivity index (χ1) is 14.6. The van der Waals surface area contributed by atoms with E-state index in [2.05, 4.69) is 15.4 Å². The van der Waals surface area contributed by atoms with Gasteiger partial charge < -0.3 is 10.1 Å². The van der Waals surface area contributed by atoms with Gasteiger partial charge in [-0.15, -0.1) is 11.3 Å². The van der Waals surface area contributed by atoms with Gasteiger partial charge in [-0.25, -0.2) is 14.5 Å². The van der Waals surface area contributed by atoms with Gasteiger partial charge in [-0.3, -0.25) is 4.79 Å². The highest BCUT2D eigenvalue weighted by atomic mass is 32.1. The third kappa shape index (κ3) is 4.61. The van der Waals surface area contributed by atoms with Gasteiger partial charge in [0, 0.05) is 12.1 Å². The Hall–Kier alpha value is -3.78. The number of nitrogens with zero attached hydrogens (tertiary/aromatic N) is 3. The van der Waals surface area contributed by atoms with Crippen LogP contribution < -0.4 is 5.32 Å². The molecule has 0 atom stereocenters. The molecule has 0 saturated carbocycles. The molecule has 8 heteroatoms. The molecule has 4 aromatic rings. The maximum atomic E-state index is 12.2. The van der Waals surface area contributed by atoms with Crippen LogP contribution in [0.1, 0.15) is 10.7 Å². The Kier molecular flexibility index (Phi) is 5.67. The maximum Gasteiger partial charge on any atom is 0.331 e. The summed E-state index contributed by atoms with van der Waals surface area (Å²) in [5, 5.41) is 7.81. The van der Waals surface area contributed by atoms with Gasteiger partial charge in [0.1, 0.15) is 10.8 Å². The van der Waals surface area contributed by atoms with E-state index in [-0.39, 0.29) is 0 Å². The highest BCUT2D eigenvalue weighted by molar-refractivity contribution is 7.19. The fourth-order valence-corrected chi connectivity index (χ4v) is 3.69. The van der Waals surface area contributed by atoms with Crippen molar-refractivity contribution in [1.82, 2.24) is 14.8 Å². The van der Waals surface area contributed by atoms with Crippen molar-refractivity contribution in [2.75, 3.05) is 11.9 Å². The Morgan fingerprint density at radius 2 is 1.90 bits per heavy atom. The Bertz CT molecular complexity index is 1190. The van der Waals surface area contributed by atoms with Gasteiger partial charge in [0.15, 0.2) is 6.61 Å². The lowest BCUT2D eigenvalue weighted by atomic mass is 10.3. The summed E-state index contributed by atoms with van der Waals surface area (Å²) in [6, 6.07) is 18.9. The second kappa shape index (κ2) is 8.71. The number of carbonyl (C=O) groups excluding carboxylic acids is 2. The SMILES string of the molecule is Cc1cc(NC(=O)COC(=O)/C=C/c2nc3ccccc3s2)n(-c2ccccc2)n1. The molecule has 0 radical (unpaired) electrons. The normalized spacial score (nSPS) is 11.1. The molecule has 0 bridgehead atoms. The Labute approximate surface area is 176 Å². The summed E-state index contributed by atoms with van der Waals surface area (Å²) >= 11 is 1.47. The average molecular weight is 418 g/mol. The number of para-hydroxylation sites is 2. The molecular formula is C22H18N4O3S. The number of aromatic nitrogens is 3. The molecule has 0 spiro atoms. The van der Waals surface area contributed by atoms with E-state index in [1.807, 2.05) is 61.5 Å². The molecule has 0 unspecified atom stereocenters. The van der Waals surface area contributed by atoms with Crippen LogP contribution in [-0.4, -0.2) is 33.2 Å². The van der Waals surface area contributed by atoms with E-state index in [9.17, 15) is 9.59 Å². The summed E-state index contributed by atoms with van der Waals surface area (Å²) < 4.78 is 7.70. The number of fused-ring (bicyclic) bond motifs is 1. The first-order valence-electron chi connectivity index (χ1n) is 9.21. The molecule has 2 heterocycles. The molecule has 2 aromatic carbocycles. The molecule has 0 fully saturated rings. The van der Waals surface area contributed by atoms with E-state index >= 15 is 0 Å². The van der Waals surface area contributed by atoms with Crippen molar-refractivity contribution in [3.05, 3.63) is 77.4 Å². The smallest absolute Gasteiger partial charge is 0.331 e. The Morgan fingerprint density at radius 1 is 1.13 bits per heavy atom. The van der Waals surface area contributed by atoms with E-state index < -0.39 is 18.5 Å². The van der Waals surface area contributed by atoms with Crippen LogP contribution in [0.25, 0.3) is 22.0 Å². The van der Waals surface area contributed by atoms with Crippen LogP contribution in [0.15, 0.2) is 66.7 Å². The number of carbonyl (C=O) groups is 2. The minimum absolute atomic E-state index is 0.401. The maximum absolute atomic E-state index is 12.2. The van der Waals surface area contributed by atoms with Crippen LogP contribution in [-0.2, 0) is 14.3 Å². The summed E-state index contributed by atoms with van der Waals surface area (Å²) in [6.07, 6.45) is 2.85. The Balaban J connectivity index is 1.34. The van der Waals surface area contributed by atoms with E-state index in [0.29, 0.717) is 10.8 Å². The zero-order valence-electron chi connectivity index (χ0n) is 16.1. The van der Waals surface area contributed by atoms with Crippen molar-refractivity contribution < 1.29 is 14.3 Å². The van der Waals surface area contributed by atoms with Crippen LogP contribution in [0.5, 0.6) is 0 Å². The lowest BCUT2D eigenvalue weighted by molar-refractivity contribution is -0.142. The van der Waals surface area contributed by atoms with Gasteiger partial charge in [0.2, 0.25) is 0 Å². The van der Waals surface area contributed by atoms with Crippen LogP contribution >= 0.6 is 11.3 Å². The quantitative estimate of drug-likeness (QED) is 0.378. The van der Waals surface area contributed by atoms with Gasteiger partial charge in [-0.05, 0) is 37.3 Å². The summed E-state index contributed by atoms with van der Waals surface area (Å²) in [5.74, 6) is -0.560. The number of anilines is 1. The first-order valence-corrected chi connectivity index (χ1v) is 10.0. The van der Waals surface area contributed by atoms with E-state index in [4.69, 9.17) is 4.74 Å². The highest BCUT2D eigenvalue weighted by Gasteiger charge is 2.12. The molecule has 30 heavy (non-hydrogen) atoms. The van der Waals surface area contributed by atoms with Gasteiger partial charge in [0.25, 0.3) is 5.91 Å². The fourth-order valence-electron chi connectivity index (χ4n) is 2.82. The molecule has 1 amide bonds. The lowest BCUT2D eigenvalue weighted by Crippen LogP contribution is -2.21. The van der Waals surface area contributed by atoms with E-state index in [0.717, 1.165) is 21.6 Å². The minimum atomic E-state index is -0.614. The van der Waals surface area contributed by atoms with Crippen molar-refractivity contribution in [2.24, 2.45) is 0 Å². The topological polar surface area (TPSA) is 86.1 Å². The number of ether oxygens (including phenoxy) is 1. The monoisotopic (exact) mass is 418 g/mol. The minimum Gasteiger partial charge on any atom is -0.452 e. The van der Waals surface area contributed by atoms with Crippen molar-refractivity contribution in [1.29, 1.82) is 0 Å². The summed E-state index contributed by atoms with van der Waals surface area (Å²) in [4.78, 5) is 28.6. The third-order valence-electron chi connectivity index (χ3n) is 4.12. The number of nitrogens with one attached hydrogen (secondary N) is 1. The lowest BCUT2D eigenvalue weighted by Gasteiger charge is -2.08. The van der Waals surface area contributed by atoms with Crippen LogP contribution in [0.2, 0.25) is 0 Å². The van der Waals surface area contributed by atoms with Crippen molar-refractivity contribution in [3.8, 4) is 5.69 Å². The number of aryl methyl sites for hydroxylation is 1. The highest BCUT2D eigenvalue weighted by Crippen LogP contribution is 2.22. The van der Waals surface area contributed by atoms with E-state index in [1.54, 1.807) is 16.8 Å².